The Kier molecular flexibility index (Phi) is 11.0. The van der Waals surface area contributed by atoms with Gasteiger partial charge in [0.2, 0.25) is 5.91 Å². The van der Waals surface area contributed by atoms with Gasteiger partial charge in [0.25, 0.3) is 0 Å². The molecule has 6 heteroatoms. The average molecular weight is 376 g/mol. The van der Waals surface area contributed by atoms with Gasteiger partial charge in [0.1, 0.15) is 0 Å². The fourth-order valence-corrected chi connectivity index (χ4v) is 3.28. The maximum atomic E-state index is 11.0. The van der Waals surface area contributed by atoms with Crippen molar-refractivity contribution in [3.05, 3.63) is 35.4 Å². The Morgan fingerprint density at radius 2 is 1.52 bits per heavy atom. The molecule has 1 aromatic rings. The SMILES string of the molecule is CC(=O)NCCc1ccc(CN2CCCNCCNCCCNCC2)cc1. The number of hydrogen-bond donors (Lipinski definition) is 4. The van der Waals surface area contributed by atoms with E-state index in [0.717, 1.165) is 65.3 Å². The van der Waals surface area contributed by atoms with Gasteiger partial charge < -0.3 is 21.3 Å². The van der Waals surface area contributed by atoms with Crippen LogP contribution in [0.15, 0.2) is 24.3 Å². The van der Waals surface area contributed by atoms with E-state index in [1.54, 1.807) is 6.92 Å². The zero-order valence-electron chi connectivity index (χ0n) is 16.9. The highest BCUT2D eigenvalue weighted by molar-refractivity contribution is 5.72. The molecule has 0 unspecified atom stereocenters. The Balaban J connectivity index is 1.79. The standard InChI is InChI=1S/C21H37N5O/c1-19(27)25-12-8-20-4-6-21(7-5-20)18-26-16-3-11-23-14-13-22-9-2-10-24-15-17-26/h4-7,22-24H,2-3,8-18H2,1H3,(H,25,27). The van der Waals surface area contributed by atoms with E-state index in [1.807, 2.05) is 0 Å². The molecule has 0 spiro atoms. The second-order valence-electron chi connectivity index (χ2n) is 7.28. The summed E-state index contributed by atoms with van der Waals surface area (Å²) >= 11 is 0. The summed E-state index contributed by atoms with van der Waals surface area (Å²) in [5.74, 6) is 0.0348. The Morgan fingerprint density at radius 3 is 2.22 bits per heavy atom. The minimum absolute atomic E-state index is 0.0348. The highest BCUT2D eigenvalue weighted by Crippen LogP contribution is 2.08. The van der Waals surface area contributed by atoms with Gasteiger partial charge in [-0.3, -0.25) is 9.69 Å². The number of benzene rings is 1. The first-order valence-electron chi connectivity index (χ1n) is 10.4. The Hall–Kier alpha value is -1.47. The predicted octanol–water partition coefficient (Wildman–Crippen LogP) is 0.730. The van der Waals surface area contributed by atoms with E-state index < -0.39 is 0 Å². The van der Waals surface area contributed by atoms with Crippen LogP contribution in [-0.4, -0.2) is 69.7 Å². The zero-order chi connectivity index (χ0) is 19.2. The quantitative estimate of drug-likeness (QED) is 0.611. The Morgan fingerprint density at radius 1 is 0.889 bits per heavy atom. The Labute approximate surface area is 164 Å². The van der Waals surface area contributed by atoms with Crippen LogP contribution in [0.1, 0.15) is 30.9 Å². The summed E-state index contributed by atoms with van der Waals surface area (Å²) in [4.78, 5) is 13.5. The maximum Gasteiger partial charge on any atom is 0.216 e. The average Bonchev–Trinajstić information content (AvgIpc) is 2.66. The number of nitrogens with one attached hydrogen (secondary N) is 4. The molecule has 4 N–H and O–H groups in total. The third kappa shape index (κ3) is 10.4. The predicted molar refractivity (Wildman–Crippen MR) is 112 cm³/mol. The van der Waals surface area contributed by atoms with Crippen LogP contribution in [-0.2, 0) is 17.8 Å². The first kappa shape index (κ1) is 21.8. The van der Waals surface area contributed by atoms with Crippen LogP contribution in [0.3, 0.4) is 0 Å². The molecule has 0 atom stereocenters. The second kappa shape index (κ2) is 13.7. The van der Waals surface area contributed by atoms with Gasteiger partial charge in [0.05, 0.1) is 0 Å². The molecular weight excluding hydrogens is 338 g/mol. The smallest absolute Gasteiger partial charge is 0.216 e. The Bertz CT molecular complexity index is 506. The third-order valence-electron chi connectivity index (χ3n) is 4.84. The molecule has 0 aromatic heterocycles. The normalized spacial score (nSPS) is 18.6. The maximum absolute atomic E-state index is 11.0. The molecule has 1 aromatic carbocycles. The van der Waals surface area contributed by atoms with Gasteiger partial charge in [-0.05, 0) is 56.6 Å². The summed E-state index contributed by atoms with van der Waals surface area (Å²) in [6.07, 6.45) is 3.24. The molecular formula is C21H37N5O. The lowest BCUT2D eigenvalue weighted by Crippen LogP contribution is -2.36. The van der Waals surface area contributed by atoms with Crippen molar-refractivity contribution in [3.8, 4) is 0 Å². The molecule has 1 amide bonds. The molecule has 6 nitrogen and oxygen atoms in total. The van der Waals surface area contributed by atoms with E-state index in [4.69, 9.17) is 0 Å². The van der Waals surface area contributed by atoms with E-state index in [1.165, 1.54) is 24.0 Å². The number of hydrogen-bond acceptors (Lipinski definition) is 5. The van der Waals surface area contributed by atoms with Gasteiger partial charge >= 0.3 is 0 Å². The van der Waals surface area contributed by atoms with Gasteiger partial charge in [0.15, 0.2) is 0 Å². The van der Waals surface area contributed by atoms with Crippen LogP contribution in [0.25, 0.3) is 0 Å². The molecule has 1 aliphatic rings. The monoisotopic (exact) mass is 375 g/mol. The first-order chi connectivity index (χ1) is 13.2. The van der Waals surface area contributed by atoms with Crippen LogP contribution >= 0.6 is 0 Å². The number of amides is 1. The van der Waals surface area contributed by atoms with Crippen molar-refractivity contribution in [3.63, 3.8) is 0 Å². The molecule has 0 saturated carbocycles. The number of rotatable bonds is 5. The number of carbonyl (C=O) groups is 1. The minimum Gasteiger partial charge on any atom is -0.356 e. The van der Waals surface area contributed by atoms with Crippen LogP contribution in [0.5, 0.6) is 0 Å². The molecule has 0 radical (unpaired) electrons. The van der Waals surface area contributed by atoms with Gasteiger partial charge in [-0.1, -0.05) is 24.3 Å². The molecule has 0 bridgehead atoms. The zero-order valence-corrected chi connectivity index (χ0v) is 16.9. The van der Waals surface area contributed by atoms with Crippen molar-refractivity contribution in [2.45, 2.75) is 32.7 Å². The largest absolute Gasteiger partial charge is 0.356 e. The van der Waals surface area contributed by atoms with Gasteiger partial charge in [0, 0.05) is 46.2 Å². The molecule has 27 heavy (non-hydrogen) atoms. The van der Waals surface area contributed by atoms with Crippen molar-refractivity contribution < 1.29 is 4.79 Å². The molecule has 1 aliphatic heterocycles. The van der Waals surface area contributed by atoms with E-state index in [9.17, 15) is 4.79 Å². The van der Waals surface area contributed by atoms with E-state index in [-0.39, 0.29) is 5.91 Å². The van der Waals surface area contributed by atoms with Gasteiger partial charge in [-0.2, -0.15) is 0 Å². The summed E-state index contributed by atoms with van der Waals surface area (Å²) in [5.41, 5.74) is 2.63. The first-order valence-corrected chi connectivity index (χ1v) is 10.4. The summed E-state index contributed by atoms with van der Waals surface area (Å²) < 4.78 is 0. The van der Waals surface area contributed by atoms with Gasteiger partial charge in [-0.15, -0.1) is 0 Å². The van der Waals surface area contributed by atoms with E-state index in [2.05, 4.69) is 50.4 Å². The van der Waals surface area contributed by atoms with Crippen LogP contribution in [0.4, 0.5) is 0 Å². The molecule has 2 rings (SSSR count). The lowest BCUT2D eigenvalue weighted by molar-refractivity contribution is -0.118. The summed E-state index contributed by atoms with van der Waals surface area (Å²) in [6, 6.07) is 8.83. The van der Waals surface area contributed by atoms with Gasteiger partial charge in [-0.25, -0.2) is 0 Å². The molecule has 1 fully saturated rings. The lowest BCUT2D eigenvalue weighted by Gasteiger charge is -2.23. The summed E-state index contributed by atoms with van der Waals surface area (Å²) in [6.45, 7) is 11.9. The molecule has 1 heterocycles. The molecule has 152 valence electrons. The second-order valence-corrected chi connectivity index (χ2v) is 7.28. The number of nitrogens with zero attached hydrogens (tertiary/aromatic N) is 1. The van der Waals surface area contributed by atoms with Crippen LogP contribution < -0.4 is 21.3 Å². The number of carbonyl (C=O) groups excluding carboxylic acids is 1. The van der Waals surface area contributed by atoms with Crippen molar-refractivity contribution in [1.82, 2.24) is 26.2 Å². The lowest BCUT2D eigenvalue weighted by atomic mass is 10.1. The van der Waals surface area contributed by atoms with Crippen molar-refractivity contribution in [2.24, 2.45) is 0 Å². The highest BCUT2D eigenvalue weighted by atomic mass is 16.1. The fraction of sp³-hybridized carbons (Fsp3) is 0.667. The fourth-order valence-electron chi connectivity index (χ4n) is 3.28. The van der Waals surface area contributed by atoms with Crippen molar-refractivity contribution in [2.75, 3.05) is 58.9 Å². The third-order valence-corrected chi connectivity index (χ3v) is 4.84. The summed E-state index contributed by atoms with van der Waals surface area (Å²) in [7, 11) is 0. The molecule has 0 aliphatic carbocycles. The highest BCUT2D eigenvalue weighted by Gasteiger charge is 2.07. The minimum atomic E-state index is 0.0348. The van der Waals surface area contributed by atoms with Crippen molar-refractivity contribution >= 4 is 5.91 Å². The topological polar surface area (TPSA) is 68.4 Å². The van der Waals surface area contributed by atoms with Crippen molar-refractivity contribution in [1.29, 1.82) is 0 Å². The molecule has 1 saturated heterocycles. The van der Waals surface area contributed by atoms with Crippen LogP contribution in [0.2, 0.25) is 0 Å². The summed E-state index contributed by atoms with van der Waals surface area (Å²) in [5, 5.41) is 13.4. The van der Waals surface area contributed by atoms with Crippen LogP contribution in [0, 0.1) is 0 Å². The van der Waals surface area contributed by atoms with E-state index in [0.29, 0.717) is 6.54 Å². The van der Waals surface area contributed by atoms with E-state index >= 15 is 0 Å².